The summed E-state index contributed by atoms with van der Waals surface area (Å²) in [6, 6.07) is 25.1. The van der Waals surface area contributed by atoms with Crippen LogP contribution in [0, 0.1) is 0 Å². The van der Waals surface area contributed by atoms with E-state index in [0.29, 0.717) is 17.2 Å². The van der Waals surface area contributed by atoms with Crippen LogP contribution in [-0.4, -0.2) is 40.9 Å². The van der Waals surface area contributed by atoms with Crippen LogP contribution < -0.4 is 10.2 Å². The summed E-state index contributed by atoms with van der Waals surface area (Å²) < 4.78 is 0. The maximum Gasteiger partial charge on any atom is 0.255 e. The molecule has 0 aromatic heterocycles. The lowest BCUT2D eigenvalue weighted by atomic mass is 10.1. The normalized spacial score (nSPS) is 17.5. The third-order valence-corrected chi connectivity index (χ3v) is 6.81. The number of rotatable bonds is 4. The molecule has 1 fully saturated rings. The Bertz CT molecular complexity index is 1100. The molecule has 2 amide bonds. The standard InChI is InChI=1S/C25H23N3O2S/c29-24(23-16-31-17-28(23)25(30)19-7-2-1-3-8-19)26-20-10-12-21(13-11-20)27-15-14-18-6-4-5-9-22(18)27/h1-13,23H,14-17H2,(H,26,29). The third kappa shape index (κ3) is 3.91. The summed E-state index contributed by atoms with van der Waals surface area (Å²) in [5.41, 5.74) is 5.07. The number of nitrogens with zero attached hydrogens (tertiary/aromatic N) is 2. The molecule has 1 unspecified atom stereocenters. The van der Waals surface area contributed by atoms with Gasteiger partial charge in [-0.25, -0.2) is 0 Å². The summed E-state index contributed by atoms with van der Waals surface area (Å²) in [5.74, 6) is 0.883. The minimum Gasteiger partial charge on any atom is -0.341 e. The number of carbonyl (C=O) groups is 2. The summed E-state index contributed by atoms with van der Waals surface area (Å²) in [6.45, 7) is 0.959. The van der Waals surface area contributed by atoms with Gasteiger partial charge in [-0.05, 0) is 54.4 Å². The van der Waals surface area contributed by atoms with Gasteiger partial charge in [0.1, 0.15) is 6.04 Å². The van der Waals surface area contributed by atoms with Crippen molar-refractivity contribution in [2.75, 3.05) is 28.4 Å². The molecule has 156 valence electrons. The topological polar surface area (TPSA) is 52.7 Å². The number of amides is 2. The molecule has 5 rings (SSSR count). The largest absolute Gasteiger partial charge is 0.341 e. The highest BCUT2D eigenvalue weighted by atomic mass is 32.2. The smallest absolute Gasteiger partial charge is 0.255 e. The molecule has 6 heteroatoms. The van der Waals surface area contributed by atoms with E-state index in [0.717, 1.165) is 24.3 Å². The van der Waals surface area contributed by atoms with Crippen LogP contribution in [-0.2, 0) is 11.2 Å². The van der Waals surface area contributed by atoms with Crippen LogP contribution in [0.2, 0.25) is 0 Å². The minimum absolute atomic E-state index is 0.103. The van der Waals surface area contributed by atoms with Crippen LogP contribution in [0.4, 0.5) is 17.1 Å². The van der Waals surface area contributed by atoms with E-state index in [2.05, 4.69) is 34.5 Å². The number of fused-ring (bicyclic) bond motifs is 1. The zero-order valence-corrected chi connectivity index (χ0v) is 17.8. The quantitative estimate of drug-likeness (QED) is 0.662. The number of para-hydroxylation sites is 1. The van der Waals surface area contributed by atoms with Gasteiger partial charge in [0.25, 0.3) is 5.91 Å². The fourth-order valence-corrected chi connectivity index (χ4v) is 5.32. The summed E-state index contributed by atoms with van der Waals surface area (Å²) in [5, 5.41) is 2.99. The van der Waals surface area contributed by atoms with E-state index < -0.39 is 6.04 Å². The molecule has 1 saturated heterocycles. The van der Waals surface area contributed by atoms with Gasteiger partial charge in [0, 0.05) is 34.9 Å². The van der Waals surface area contributed by atoms with Crippen molar-refractivity contribution in [2.24, 2.45) is 0 Å². The Kier molecular flexibility index (Phi) is 5.38. The van der Waals surface area contributed by atoms with Gasteiger partial charge in [0.15, 0.2) is 0 Å². The van der Waals surface area contributed by atoms with Crippen LogP contribution in [0.15, 0.2) is 78.9 Å². The van der Waals surface area contributed by atoms with Gasteiger partial charge in [0.2, 0.25) is 5.91 Å². The van der Waals surface area contributed by atoms with Crippen molar-refractivity contribution < 1.29 is 9.59 Å². The van der Waals surface area contributed by atoms with Crippen molar-refractivity contribution in [3.63, 3.8) is 0 Å². The molecule has 0 spiro atoms. The lowest BCUT2D eigenvalue weighted by molar-refractivity contribution is -0.119. The van der Waals surface area contributed by atoms with Crippen molar-refractivity contribution in [3.05, 3.63) is 90.0 Å². The average Bonchev–Trinajstić information content (AvgIpc) is 3.47. The van der Waals surface area contributed by atoms with Gasteiger partial charge in [-0.2, -0.15) is 0 Å². The Morgan fingerprint density at radius 2 is 1.65 bits per heavy atom. The molecular formula is C25H23N3O2S. The van der Waals surface area contributed by atoms with Gasteiger partial charge >= 0.3 is 0 Å². The summed E-state index contributed by atoms with van der Waals surface area (Å²) >= 11 is 1.60. The minimum atomic E-state index is -0.470. The zero-order valence-electron chi connectivity index (χ0n) is 17.0. The zero-order chi connectivity index (χ0) is 21.2. The van der Waals surface area contributed by atoms with E-state index in [1.165, 1.54) is 11.3 Å². The molecule has 5 nitrogen and oxygen atoms in total. The predicted octanol–water partition coefficient (Wildman–Crippen LogP) is 4.53. The van der Waals surface area contributed by atoms with Crippen LogP contribution in [0.5, 0.6) is 0 Å². The SMILES string of the molecule is O=C(Nc1ccc(N2CCc3ccccc32)cc1)C1CSCN1C(=O)c1ccccc1. The van der Waals surface area contributed by atoms with Gasteiger partial charge in [-0.1, -0.05) is 36.4 Å². The van der Waals surface area contributed by atoms with Gasteiger partial charge in [0.05, 0.1) is 5.88 Å². The Balaban J connectivity index is 1.27. The van der Waals surface area contributed by atoms with E-state index in [1.807, 2.05) is 42.5 Å². The Morgan fingerprint density at radius 3 is 2.45 bits per heavy atom. The number of thioether (sulfide) groups is 1. The molecule has 0 radical (unpaired) electrons. The molecule has 1 N–H and O–H groups in total. The van der Waals surface area contributed by atoms with E-state index in [-0.39, 0.29) is 11.8 Å². The van der Waals surface area contributed by atoms with Crippen molar-refractivity contribution in [1.29, 1.82) is 0 Å². The molecule has 1 atom stereocenters. The maximum absolute atomic E-state index is 12.9. The maximum atomic E-state index is 12.9. The van der Waals surface area contributed by atoms with E-state index in [9.17, 15) is 9.59 Å². The first-order valence-electron chi connectivity index (χ1n) is 10.4. The number of carbonyl (C=O) groups excluding carboxylic acids is 2. The number of hydrogen-bond donors (Lipinski definition) is 1. The number of nitrogens with one attached hydrogen (secondary N) is 1. The lowest BCUT2D eigenvalue weighted by Gasteiger charge is -2.23. The van der Waals surface area contributed by atoms with Crippen molar-refractivity contribution in [1.82, 2.24) is 4.90 Å². The molecule has 2 aliphatic rings. The Hall–Kier alpha value is -3.25. The monoisotopic (exact) mass is 429 g/mol. The molecule has 0 bridgehead atoms. The second kappa shape index (κ2) is 8.47. The second-order valence-corrected chi connectivity index (χ2v) is 8.72. The number of hydrogen-bond acceptors (Lipinski definition) is 4. The van der Waals surface area contributed by atoms with E-state index in [1.54, 1.807) is 28.8 Å². The fraction of sp³-hybridized carbons (Fsp3) is 0.200. The molecule has 0 saturated carbocycles. The molecule has 31 heavy (non-hydrogen) atoms. The average molecular weight is 430 g/mol. The molecule has 3 aromatic carbocycles. The molecule has 3 aromatic rings. The van der Waals surface area contributed by atoms with E-state index in [4.69, 9.17) is 0 Å². The fourth-order valence-electron chi connectivity index (χ4n) is 4.16. The Labute approximate surface area is 186 Å². The van der Waals surface area contributed by atoms with Crippen LogP contribution in [0.3, 0.4) is 0 Å². The first-order chi connectivity index (χ1) is 15.2. The highest BCUT2D eigenvalue weighted by Gasteiger charge is 2.35. The molecule has 0 aliphatic carbocycles. The highest BCUT2D eigenvalue weighted by molar-refractivity contribution is 7.99. The summed E-state index contributed by atoms with van der Waals surface area (Å²) in [7, 11) is 0. The molecular weight excluding hydrogens is 406 g/mol. The molecule has 2 aliphatic heterocycles. The van der Waals surface area contributed by atoms with Gasteiger partial charge < -0.3 is 15.1 Å². The van der Waals surface area contributed by atoms with Gasteiger partial charge in [-0.3, -0.25) is 9.59 Å². The number of benzene rings is 3. The van der Waals surface area contributed by atoms with E-state index >= 15 is 0 Å². The molecule has 2 heterocycles. The van der Waals surface area contributed by atoms with Crippen molar-refractivity contribution in [2.45, 2.75) is 12.5 Å². The first kappa shape index (κ1) is 19.7. The van der Waals surface area contributed by atoms with Gasteiger partial charge in [-0.15, -0.1) is 11.8 Å². The van der Waals surface area contributed by atoms with Crippen LogP contribution in [0.25, 0.3) is 0 Å². The Morgan fingerprint density at radius 1 is 0.903 bits per heavy atom. The second-order valence-electron chi connectivity index (χ2n) is 7.72. The summed E-state index contributed by atoms with van der Waals surface area (Å²) in [4.78, 5) is 29.7. The number of anilines is 3. The summed E-state index contributed by atoms with van der Waals surface area (Å²) in [6.07, 6.45) is 1.04. The highest BCUT2D eigenvalue weighted by Crippen LogP contribution is 2.34. The predicted molar refractivity (Wildman–Crippen MR) is 126 cm³/mol. The van der Waals surface area contributed by atoms with Crippen molar-refractivity contribution >= 4 is 40.6 Å². The van der Waals surface area contributed by atoms with Crippen LogP contribution >= 0.6 is 11.8 Å². The van der Waals surface area contributed by atoms with Crippen molar-refractivity contribution in [3.8, 4) is 0 Å². The lowest BCUT2D eigenvalue weighted by Crippen LogP contribution is -2.44. The van der Waals surface area contributed by atoms with Crippen LogP contribution in [0.1, 0.15) is 15.9 Å². The third-order valence-electron chi connectivity index (χ3n) is 5.80. The first-order valence-corrected chi connectivity index (χ1v) is 11.6.